The molecule has 1 heterocycles. The van der Waals surface area contributed by atoms with Gasteiger partial charge in [-0.1, -0.05) is 386 Å². The van der Waals surface area contributed by atoms with Gasteiger partial charge >= 0.3 is 7.12 Å². The summed E-state index contributed by atoms with van der Waals surface area (Å²) in [5.41, 5.74) is 23.6. The summed E-state index contributed by atoms with van der Waals surface area (Å²) in [5, 5.41) is 31.1. The van der Waals surface area contributed by atoms with Gasteiger partial charge < -0.3 is 9.31 Å². The Morgan fingerprint density at radius 3 is 0.823 bits per heavy atom. The van der Waals surface area contributed by atoms with Gasteiger partial charge in [0, 0.05) is 15.3 Å². The van der Waals surface area contributed by atoms with Crippen molar-refractivity contribution < 1.29 is 9.31 Å². The Morgan fingerprint density at radius 2 is 0.452 bits per heavy atom. The Balaban J connectivity index is 0.000000114. The van der Waals surface area contributed by atoms with Crippen molar-refractivity contribution in [3.8, 4) is 77.9 Å². The monoisotopic (exact) mass is 1650 g/mol. The molecule has 0 atom stereocenters. The van der Waals surface area contributed by atoms with E-state index in [4.69, 9.17) is 9.31 Å². The molecule has 4 heteroatoms. The smallest absolute Gasteiger partial charge is 0.399 e. The third kappa shape index (κ3) is 11.8. The minimum atomic E-state index is -0.363. The number of rotatable bonds is 6. The topological polar surface area (TPSA) is 18.5 Å². The van der Waals surface area contributed by atoms with E-state index >= 15 is 0 Å². The fraction of sp³-hybridized carbons (Fsp3) is 0.100. The van der Waals surface area contributed by atoms with Crippen LogP contribution in [0.1, 0.15) is 77.6 Å². The number of benzene rings is 22. The summed E-state index contributed by atoms with van der Waals surface area (Å²) in [6, 6.07) is 143. The van der Waals surface area contributed by atoms with Gasteiger partial charge in [-0.05, 0) is 309 Å². The van der Waals surface area contributed by atoms with E-state index in [0.29, 0.717) is 0 Å². The van der Waals surface area contributed by atoms with Crippen LogP contribution < -0.4 is 5.46 Å². The lowest BCUT2D eigenvalue weighted by atomic mass is 9.76. The molecule has 1 aliphatic heterocycles. The van der Waals surface area contributed by atoms with Crippen LogP contribution in [0.4, 0.5) is 0 Å². The maximum Gasteiger partial charge on any atom is 0.494 e. The first-order chi connectivity index (χ1) is 60.4. The third-order valence-corrected chi connectivity index (χ3v) is 29.1. The summed E-state index contributed by atoms with van der Waals surface area (Å²) in [4.78, 5) is 0. The van der Waals surface area contributed by atoms with E-state index in [0.717, 1.165) is 9.94 Å². The van der Waals surface area contributed by atoms with Gasteiger partial charge in [-0.15, -0.1) is 0 Å². The lowest BCUT2D eigenvalue weighted by Crippen LogP contribution is -2.41. The van der Waals surface area contributed by atoms with E-state index in [9.17, 15) is 0 Å². The molecule has 2 aliphatic carbocycles. The second-order valence-corrected chi connectivity index (χ2v) is 37.1. The fourth-order valence-electron chi connectivity index (χ4n) is 21.3. The van der Waals surface area contributed by atoms with Gasteiger partial charge in [-0.25, -0.2) is 0 Å². The summed E-state index contributed by atoms with van der Waals surface area (Å²) < 4.78 is 14.0. The van der Waals surface area contributed by atoms with Crippen molar-refractivity contribution in [2.24, 2.45) is 0 Å². The fourth-order valence-corrected chi connectivity index (χ4v) is 22.0. The number of fused-ring (bicyclic) bond motifs is 24. The zero-order valence-corrected chi connectivity index (χ0v) is 72.3. The molecule has 0 unspecified atom stereocenters. The number of hydrogen-bond donors (Lipinski definition) is 0. The molecule has 0 saturated carbocycles. The molecule has 22 aromatic rings. The molecule has 1 fully saturated rings. The van der Waals surface area contributed by atoms with Crippen LogP contribution >= 0.6 is 15.9 Å². The molecule has 0 N–H and O–H groups in total. The van der Waals surface area contributed by atoms with E-state index in [1.54, 1.807) is 0 Å². The van der Waals surface area contributed by atoms with E-state index in [2.05, 4.69) is 460 Å². The van der Waals surface area contributed by atoms with Crippen LogP contribution in [0.5, 0.6) is 0 Å². The highest BCUT2D eigenvalue weighted by Gasteiger charge is 2.52. The average molecular weight is 1650 g/mol. The summed E-state index contributed by atoms with van der Waals surface area (Å²) in [6.07, 6.45) is 0. The van der Waals surface area contributed by atoms with Crippen molar-refractivity contribution in [2.45, 2.75) is 77.4 Å². The van der Waals surface area contributed by atoms with Crippen molar-refractivity contribution in [1.82, 2.24) is 0 Å². The molecule has 590 valence electrons. The Labute approximate surface area is 731 Å². The highest BCUT2D eigenvalue weighted by molar-refractivity contribution is 9.10. The zero-order chi connectivity index (χ0) is 83.6. The first-order valence-electron chi connectivity index (χ1n) is 43.5. The van der Waals surface area contributed by atoms with Crippen molar-refractivity contribution >= 4 is 158 Å². The summed E-state index contributed by atoms with van der Waals surface area (Å²) in [6.45, 7) is 17.9. The Kier molecular flexibility index (Phi) is 17.5. The van der Waals surface area contributed by atoms with E-state index in [1.807, 2.05) is 0 Å². The van der Waals surface area contributed by atoms with Crippen molar-refractivity contribution in [3.63, 3.8) is 0 Å². The van der Waals surface area contributed by atoms with Crippen LogP contribution in [0.2, 0.25) is 0 Å². The molecule has 1 saturated heterocycles. The summed E-state index contributed by atoms with van der Waals surface area (Å²) >= 11 is 3.85. The van der Waals surface area contributed by atoms with Crippen molar-refractivity contribution in [3.05, 3.63) is 415 Å². The molecular formula is C120H88BBrO2. The molecule has 0 amide bonds. The molecule has 25 rings (SSSR count). The molecule has 0 radical (unpaired) electrons. The van der Waals surface area contributed by atoms with Crippen LogP contribution in [0.25, 0.3) is 207 Å². The lowest BCUT2D eigenvalue weighted by molar-refractivity contribution is 0.00578. The summed E-state index contributed by atoms with van der Waals surface area (Å²) in [5.74, 6) is 0. The van der Waals surface area contributed by atoms with Gasteiger partial charge in [0.2, 0.25) is 0 Å². The largest absolute Gasteiger partial charge is 0.494 e. The first kappa shape index (κ1) is 75.4. The van der Waals surface area contributed by atoms with E-state index in [-0.39, 0.29) is 29.2 Å². The normalized spacial score (nSPS) is 14.5. The van der Waals surface area contributed by atoms with Crippen LogP contribution in [-0.2, 0) is 20.1 Å². The quantitative estimate of drug-likeness (QED) is 0.0938. The highest BCUT2D eigenvalue weighted by Crippen LogP contribution is 2.56. The number of hydrogen-bond acceptors (Lipinski definition) is 2. The van der Waals surface area contributed by atoms with Crippen LogP contribution in [0.3, 0.4) is 0 Å². The van der Waals surface area contributed by atoms with Crippen molar-refractivity contribution in [2.75, 3.05) is 0 Å². The molecule has 22 aromatic carbocycles. The minimum absolute atomic E-state index is 0.0833. The SMILES string of the molecule is Brc1c2ccccc2c(-c2ccc(-c3cccc4ccccc34)cc2)c2ccccc12.CC1(C)c2ccc(-c3c4ccccc4c(-c4ccc(-c5cccc6ccccc56)cc4)c4ccccc34)cc2-c2cc3c4ccccc4c4ccccc4c3cc21.CC1(C)c2ccc(B3OC(C)(C)C(C)(C)O3)cc2-c2cc3c4ccccc4c4ccccc4c3cc21. The van der Waals surface area contributed by atoms with Gasteiger partial charge in [-0.3, -0.25) is 0 Å². The molecule has 3 aliphatic rings. The van der Waals surface area contributed by atoms with Gasteiger partial charge in [0.15, 0.2) is 0 Å². The van der Waals surface area contributed by atoms with E-state index < -0.39 is 0 Å². The average Bonchev–Trinajstić information content (AvgIpc) is 1.47. The Bertz CT molecular complexity index is 8110. The first-order valence-corrected chi connectivity index (χ1v) is 44.3. The standard InChI is InChI=1S/C57H38.C33H31BO2.C30H19Br/c1-57(2)53-31-30-38(32-51(53)52-33-49-43-19-7-5-17-41(43)42-18-6-8-20-44(42)50(49)34-54(52)57)56-47-23-11-9-21-45(47)55(46-22-10-12-24-48(46)56)37-28-26-36(27-29-37)40-25-13-15-35-14-3-4-16-39(35)40;1-31(2)29-16-15-20(34-35-32(3,4)33(5,6)36-34)17-27(29)28-18-25-23-13-9-7-11-21(23)22-12-8-10-14-24(22)26(25)19-30(28)31;31-30-27-13-5-3-11-25(27)29(26-12-4-6-14-28(26)30)22-18-16-21(17-19-22)24-15-7-9-20-8-1-2-10-23(20)24/h3-34H,1-2H3;7-19H,1-6H3;1-19H. The zero-order valence-electron chi connectivity index (χ0n) is 70.7. The molecule has 124 heavy (non-hydrogen) atoms. The maximum absolute atomic E-state index is 6.40. The predicted octanol–water partition coefficient (Wildman–Crippen LogP) is 32.9. The maximum atomic E-state index is 6.40. The minimum Gasteiger partial charge on any atom is -0.399 e. The Hall–Kier alpha value is -13.6. The van der Waals surface area contributed by atoms with Gasteiger partial charge in [0.1, 0.15) is 0 Å². The van der Waals surface area contributed by atoms with Crippen molar-refractivity contribution in [1.29, 1.82) is 0 Å². The van der Waals surface area contributed by atoms with Crippen LogP contribution in [0, 0.1) is 0 Å². The molecule has 2 nitrogen and oxygen atoms in total. The van der Waals surface area contributed by atoms with Gasteiger partial charge in [0.05, 0.1) is 11.2 Å². The van der Waals surface area contributed by atoms with Gasteiger partial charge in [-0.2, -0.15) is 0 Å². The van der Waals surface area contributed by atoms with E-state index in [1.165, 1.54) is 229 Å². The molecule has 0 aromatic heterocycles. The molecule has 0 spiro atoms. The van der Waals surface area contributed by atoms with Crippen LogP contribution in [0.15, 0.2) is 393 Å². The Morgan fingerprint density at radius 1 is 0.194 bits per heavy atom. The third-order valence-electron chi connectivity index (χ3n) is 28.3. The molecular weight excluding hydrogens is 1560 g/mol. The second-order valence-electron chi connectivity index (χ2n) is 36.3. The predicted molar refractivity (Wildman–Crippen MR) is 535 cm³/mol. The lowest BCUT2D eigenvalue weighted by Gasteiger charge is -2.32. The van der Waals surface area contributed by atoms with Gasteiger partial charge in [0.25, 0.3) is 0 Å². The highest BCUT2D eigenvalue weighted by atomic mass is 79.9. The second kappa shape index (κ2) is 28.8. The summed E-state index contributed by atoms with van der Waals surface area (Å²) in [7, 11) is -0.363. The molecule has 0 bridgehead atoms. The number of halogens is 1. The van der Waals surface area contributed by atoms with Crippen LogP contribution in [-0.4, -0.2) is 18.3 Å².